The molecule has 0 radical (unpaired) electrons. The van der Waals surface area contributed by atoms with Gasteiger partial charge in [-0.05, 0) is 74.6 Å². The van der Waals surface area contributed by atoms with Gasteiger partial charge in [-0.1, -0.05) is 0 Å². The topological polar surface area (TPSA) is 120 Å². The third kappa shape index (κ3) is 6.82. The largest absolute Gasteiger partial charge is 0.345 e. The predicted octanol–water partition coefficient (Wildman–Crippen LogP) is 5.63. The van der Waals surface area contributed by atoms with Crippen LogP contribution in [0, 0.1) is 41.7 Å². The maximum absolute atomic E-state index is 14.2. The number of nitrogens with zero attached hydrogens (tertiary/aromatic N) is 7. The van der Waals surface area contributed by atoms with E-state index >= 15 is 0 Å². The van der Waals surface area contributed by atoms with Crippen molar-refractivity contribution in [1.29, 1.82) is 5.26 Å². The number of amides is 2. The summed E-state index contributed by atoms with van der Waals surface area (Å²) in [6, 6.07) is 12.2. The zero-order valence-electron chi connectivity index (χ0n) is 25.5. The van der Waals surface area contributed by atoms with E-state index in [2.05, 4.69) is 21.5 Å². The van der Waals surface area contributed by atoms with Crippen LogP contribution in [-0.2, 0) is 0 Å². The Hall–Kier alpha value is -5.18. The number of nitriles is 1. The number of likely N-dealkylation sites (tertiary alicyclic amines) is 1. The summed E-state index contributed by atoms with van der Waals surface area (Å²) in [6.07, 6.45) is 6.46. The van der Waals surface area contributed by atoms with E-state index in [4.69, 9.17) is 4.98 Å². The van der Waals surface area contributed by atoms with Crippen LogP contribution in [0.15, 0.2) is 61.1 Å². The highest BCUT2D eigenvalue weighted by Crippen LogP contribution is 2.34. The number of hydrogen-bond donors (Lipinski definition) is 1. The Balaban J connectivity index is 1.25. The van der Waals surface area contributed by atoms with Gasteiger partial charge in [-0.15, -0.1) is 0 Å². The number of aryl methyl sites for hydroxylation is 1. The summed E-state index contributed by atoms with van der Waals surface area (Å²) in [6.45, 7) is 4.60. The Morgan fingerprint density at radius 1 is 1.09 bits per heavy atom. The number of carbonyl (C=O) groups is 2. The van der Waals surface area contributed by atoms with E-state index in [0.29, 0.717) is 49.2 Å². The second kappa shape index (κ2) is 13.2. The van der Waals surface area contributed by atoms with Crippen molar-refractivity contribution < 1.29 is 18.4 Å². The van der Waals surface area contributed by atoms with E-state index in [0.717, 1.165) is 22.9 Å². The van der Waals surface area contributed by atoms with Crippen LogP contribution >= 0.6 is 0 Å². The molecule has 0 saturated carbocycles. The fourth-order valence-corrected chi connectivity index (χ4v) is 5.63. The molecule has 10 nitrogen and oxygen atoms in total. The minimum Gasteiger partial charge on any atom is -0.345 e. The molecule has 0 bridgehead atoms. The highest BCUT2D eigenvalue weighted by molar-refractivity contribution is 5.95. The van der Waals surface area contributed by atoms with Gasteiger partial charge in [-0.2, -0.15) is 10.4 Å². The molecule has 12 heteroatoms. The first kappa shape index (κ1) is 31.3. The van der Waals surface area contributed by atoms with E-state index in [9.17, 15) is 23.6 Å². The van der Waals surface area contributed by atoms with Gasteiger partial charge in [0.15, 0.2) is 0 Å². The van der Waals surface area contributed by atoms with Gasteiger partial charge >= 0.3 is 0 Å². The standard InChI is InChI=1S/C33H34F2N8O2/c1-20-17-37-33(39-26-8-5-23(6-9-26)31(44)41(3)4)40-30(20)24-18-38-43(19-24)21(2)28(16-36)22-11-13-42(14-12-22)32(45)27-10-7-25(34)15-29(27)35/h5-10,15,17-19,21-22,28H,11-14H2,1-4H3,(H,37,39,40). The third-order valence-electron chi connectivity index (χ3n) is 8.22. The summed E-state index contributed by atoms with van der Waals surface area (Å²) in [7, 11) is 3.41. The molecule has 1 fully saturated rings. The molecule has 0 spiro atoms. The maximum atomic E-state index is 14.2. The normalized spacial score (nSPS) is 14.8. The molecule has 1 aliphatic rings. The number of carbonyl (C=O) groups excluding carboxylic acids is 2. The van der Waals surface area contributed by atoms with Crippen LogP contribution in [0.3, 0.4) is 0 Å². The van der Waals surface area contributed by atoms with Gasteiger partial charge in [0.05, 0.1) is 35.5 Å². The van der Waals surface area contributed by atoms with E-state index < -0.39 is 17.5 Å². The molecule has 3 heterocycles. The van der Waals surface area contributed by atoms with E-state index in [-0.39, 0.29) is 29.3 Å². The van der Waals surface area contributed by atoms with Crippen molar-refractivity contribution in [1.82, 2.24) is 29.5 Å². The second-order valence-corrected chi connectivity index (χ2v) is 11.5. The first-order valence-electron chi connectivity index (χ1n) is 14.7. The third-order valence-corrected chi connectivity index (χ3v) is 8.22. The molecule has 2 amide bonds. The van der Waals surface area contributed by atoms with E-state index in [1.54, 1.807) is 60.3 Å². The van der Waals surface area contributed by atoms with Crippen molar-refractivity contribution in [2.45, 2.75) is 32.7 Å². The SMILES string of the molecule is Cc1cnc(Nc2ccc(C(=O)N(C)C)cc2)nc1-c1cnn(C(C)C(C#N)C2CCN(C(=O)c3ccc(F)cc3F)CC2)c1. The monoisotopic (exact) mass is 612 g/mol. The van der Waals surface area contributed by atoms with Crippen LogP contribution < -0.4 is 5.32 Å². The van der Waals surface area contributed by atoms with E-state index in [1.165, 1.54) is 11.0 Å². The lowest BCUT2D eigenvalue weighted by Gasteiger charge is -2.35. The molecule has 5 rings (SSSR count). The first-order chi connectivity index (χ1) is 21.5. The summed E-state index contributed by atoms with van der Waals surface area (Å²) < 4.78 is 29.2. The van der Waals surface area contributed by atoms with E-state index in [1.807, 2.05) is 20.0 Å². The lowest BCUT2D eigenvalue weighted by atomic mass is 9.81. The average molecular weight is 613 g/mol. The molecule has 1 N–H and O–H groups in total. The summed E-state index contributed by atoms with van der Waals surface area (Å²) in [5, 5.41) is 17.9. The van der Waals surface area contributed by atoms with Crippen LogP contribution in [0.25, 0.3) is 11.3 Å². The van der Waals surface area contributed by atoms with Crippen molar-refractivity contribution in [2.75, 3.05) is 32.5 Å². The number of halogens is 2. The second-order valence-electron chi connectivity index (χ2n) is 11.5. The Bertz CT molecular complexity index is 1740. The minimum absolute atomic E-state index is 0.00996. The van der Waals surface area contributed by atoms with Crippen LogP contribution in [-0.4, -0.2) is 68.5 Å². The first-order valence-corrected chi connectivity index (χ1v) is 14.7. The molecule has 2 atom stereocenters. The number of rotatable bonds is 8. The van der Waals surface area contributed by atoms with Crippen LogP contribution in [0.1, 0.15) is 52.1 Å². The van der Waals surface area contributed by atoms with Crippen molar-refractivity contribution in [3.63, 3.8) is 0 Å². The van der Waals surface area contributed by atoms with Gasteiger partial charge < -0.3 is 15.1 Å². The number of hydrogen-bond acceptors (Lipinski definition) is 7. The van der Waals surface area contributed by atoms with Crippen molar-refractivity contribution in [3.05, 3.63) is 89.4 Å². The Morgan fingerprint density at radius 3 is 2.44 bits per heavy atom. The van der Waals surface area contributed by atoms with Crippen LogP contribution in [0.4, 0.5) is 20.4 Å². The summed E-state index contributed by atoms with van der Waals surface area (Å²) in [5.74, 6) is -2.15. The molecule has 2 aromatic carbocycles. The molecular formula is C33H34F2N8O2. The average Bonchev–Trinajstić information content (AvgIpc) is 3.52. The number of piperidine rings is 1. The smallest absolute Gasteiger partial charge is 0.256 e. The van der Waals surface area contributed by atoms with Gasteiger partial charge in [-0.3, -0.25) is 14.3 Å². The van der Waals surface area contributed by atoms with Crippen molar-refractivity contribution >= 4 is 23.5 Å². The molecule has 0 aliphatic carbocycles. The predicted molar refractivity (Wildman–Crippen MR) is 165 cm³/mol. The van der Waals surface area contributed by atoms with Crippen molar-refractivity contribution in [3.8, 4) is 17.3 Å². The van der Waals surface area contributed by atoms with Crippen LogP contribution in [0.2, 0.25) is 0 Å². The molecular weight excluding hydrogens is 578 g/mol. The highest BCUT2D eigenvalue weighted by Gasteiger charge is 2.33. The lowest BCUT2D eigenvalue weighted by Crippen LogP contribution is -2.41. The fraction of sp³-hybridized carbons (Fsp3) is 0.333. The molecule has 45 heavy (non-hydrogen) atoms. The highest BCUT2D eigenvalue weighted by atomic mass is 19.1. The Labute approximate surface area is 260 Å². The molecule has 1 aliphatic heterocycles. The molecule has 2 aromatic heterocycles. The molecule has 232 valence electrons. The summed E-state index contributed by atoms with van der Waals surface area (Å²) >= 11 is 0. The van der Waals surface area contributed by atoms with Crippen LogP contribution in [0.5, 0.6) is 0 Å². The molecule has 4 aromatic rings. The number of aromatic nitrogens is 4. The van der Waals surface area contributed by atoms with Gasteiger partial charge in [-0.25, -0.2) is 18.7 Å². The van der Waals surface area contributed by atoms with Crippen molar-refractivity contribution in [2.24, 2.45) is 11.8 Å². The number of nitrogens with one attached hydrogen (secondary N) is 1. The van der Waals surface area contributed by atoms with Gasteiger partial charge in [0.1, 0.15) is 11.6 Å². The number of anilines is 2. The zero-order valence-corrected chi connectivity index (χ0v) is 25.5. The maximum Gasteiger partial charge on any atom is 0.256 e. The Kier molecular flexibility index (Phi) is 9.18. The fourth-order valence-electron chi connectivity index (χ4n) is 5.63. The quantitative estimate of drug-likeness (QED) is 0.274. The number of benzene rings is 2. The van der Waals surface area contributed by atoms with Gasteiger partial charge in [0.2, 0.25) is 5.95 Å². The molecule has 2 unspecified atom stereocenters. The summed E-state index contributed by atoms with van der Waals surface area (Å²) in [5.41, 5.74) is 3.47. The lowest BCUT2D eigenvalue weighted by molar-refractivity contribution is 0.0652. The van der Waals surface area contributed by atoms with Gasteiger partial charge in [0.25, 0.3) is 11.8 Å². The van der Waals surface area contributed by atoms with Gasteiger partial charge in [0, 0.05) is 62.5 Å². The minimum atomic E-state index is -0.881. The summed E-state index contributed by atoms with van der Waals surface area (Å²) in [4.78, 5) is 37.2. The Morgan fingerprint density at radius 2 is 1.80 bits per heavy atom. The zero-order chi connectivity index (χ0) is 32.2. The molecule has 1 saturated heterocycles.